The lowest BCUT2D eigenvalue weighted by Crippen LogP contribution is -2.42. The average molecular weight is 419 g/mol. The Morgan fingerprint density at radius 2 is 1.44 bits per heavy atom. The molecule has 2 aliphatic rings. The second-order valence-corrected chi connectivity index (χ2v) is 11.7. The largest absolute Gasteiger partial charge is 0.271 e. The van der Waals surface area contributed by atoms with Crippen LogP contribution in [0.15, 0.2) is 4.90 Å². The summed E-state index contributed by atoms with van der Waals surface area (Å²) in [5, 5.41) is 3.91. The van der Waals surface area contributed by atoms with Gasteiger partial charge in [-0.2, -0.15) is 9.40 Å². The van der Waals surface area contributed by atoms with E-state index in [0.717, 1.165) is 32.1 Å². The van der Waals surface area contributed by atoms with Crippen molar-refractivity contribution in [2.24, 2.45) is 7.05 Å². The smallest absolute Gasteiger partial charge is 0.246 e. The molecular formula is C17H30N4O4S2. The summed E-state index contributed by atoms with van der Waals surface area (Å²) in [5.74, 6) is 0. The predicted octanol–water partition coefficient (Wildman–Crippen LogP) is 1.40. The first-order valence-corrected chi connectivity index (χ1v) is 12.6. The summed E-state index contributed by atoms with van der Waals surface area (Å²) in [5.41, 5.74) is 1.08. The molecule has 1 aromatic rings. The summed E-state index contributed by atoms with van der Waals surface area (Å²) in [4.78, 5) is 0.244. The number of sulfonamides is 2. The average Bonchev–Trinajstić information content (AvgIpc) is 2.82. The van der Waals surface area contributed by atoms with Gasteiger partial charge in [0.25, 0.3) is 0 Å². The normalized spacial score (nSPS) is 22.0. The monoisotopic (exact) mass is 418 g/mol. The Balaban J connectivity index is 1.78. The van der Waals surface area contributed by atoms with Gasteiger partial charge in [-0.25, -0.2) is 21.1 Å². The van der Waals surface area contributed by atoms with E-state index >= 15 is 0 Å². The molecule has 1 saturated heterocycles. The highest BCUT2D eigenvalue weighted by Crippen LogP contribution is 2.28. The lowest BCUT2D eigenvalue weighted by Gasteiger charge is -2.28. The molecule has 1 aliphatic heterocycles. The van der Waals surface area contributed by atoms with E-state index in [2.05, 4.69) is 5.10 Å². The molecule has 0 radical (unpaired) electrons. The van der Waals surface area contributed by atoms with Gasteiger partial charge in [-0.3, -0.25) is 4.68 Å². The molecule has 27 heavy (non-hydrogen) atoms. The van der Waals surface area contributed by atoms with Crippen molar-refractivity contribution in [1.29, 1.82) is 0 Å². The van der Waals surface area contributed by atoms with Crippen molar-refractivity contribution >= 4 is 20.0 Å². The second-order valence-electron chi connectivity index (χ2n) is 7.59. The maximum atomic E-state index is 13.2. The summed E-state index contributed by atoms with van der Waals surface area (Å²) < 4.78 is 56.8. The van der Waals surface area contributed by atoms with E-state index in [-0.39, 0.29) is 23.2 Å². The van der Waals surface area contributed by atoms with Crippen molar-refractivity contribution in [1.82, 2.24) is 18.4 Å². The molecule has 3 rings (SSSR count). The molecule has 0 atom stereocenters. The fraction of sp³-hybridized carbons (Fsp3) is 0.824. The van der Waals surface area contributed by atoms with Crippen LogP contribution in [0.2, 0.25) is 0 Å². The molecule has 1 aliphatic carbocycles. The predicted molar refractivity (Wildman–Crippen MR) is 103 cm³/mol. The fourth-order valence-corrected chi connectivity index (χ4v) is 8.13. The van der Waals surface area contributed by atoms with Crippen molar-refractivity contribution in [2.75, 3.05) is 26.2 Å². The minimum absolute atomic E-state index is 0.183. The van der Waals surface area contributed by atoms with Gasteiger partial charge in [0, 0.05) is 33.2 Å². The highest BCUT2D eigenvalue weighted by Gasteiger charge is 2.37. The summed E-state index contributed by atoms with van der Waals surface area (Å²) in [7, 11) is -5.33. The maximum Gasteiger partial charge on any atom is 0.246 e. The molecule has 154 valence electrons. The molecule has 0 bridgehead atoms. The van der Waals surface area contributed by atoms with Crippen molar-refractivity contribution in [3.8, 4) is 0 Å². The van der Waals surface area contributed by atoms with Gasteiger partial charge < -0.3 is 0 Å². The SMILES string of the molecule is Cc1nn(C)c(C)c1S(=O)(=O)N1CCCN(S(=O)(=O)C2CCCCC2)CC1. The fourth-order valence-electron chi connectivity index (χ4n) is 4.20. The second kappa shape index (κ2) is 7.81. The van der Waals surface area contributed by atoms with Crippen LogP contribution in [0.25, 0.3) is 0 Å². The Kier molecular flexibility index (Phi) is 6.00. The zero-order valence-electron chi connectivity index (χ0n) is 16.4. The van der Waals surface area contributed by atoms with Crippen molar-refractivity contribution in [3.05, 3.63) is 11.4 Å². The van der Waals surface area contributed by atoms with E-state index in [9.17, 15) is 16.8 Å². The van der Waals surface area contributed by atoms with Crippen LogP contribution in [0.5, 0.6) is 0 Å². The Morgan fingerprint density at radius 1 is 0.852 bits per heavy atom. The highest BCUT2D eigenvalue weighted by atomic mass is 32.2. The number of nitrogens with zero attached hydrogens (tertiary/aromatic N) is 4. The topological polar surface area (TPSA) is 92.6 Å². The molecule has 1 aromatic heterocycles. The van der Waals surface area contributed by atoms with Crippen molar-refractivity contribution in [3.63, 3.8) is 0 Å². The van der Waals surface area contributed by atoms with Crippen LogP contribution in [-0.2, 0) is 27.1 Å². The lowest BCUT2D eigenvalue weighted by molar-refractivity contribution is 0.388. The standard InChI is InChI=1S/C17H30N4O4S2/c1-14-17(15(2)19(3)18-14)27(24,25)21-11-7-10-20(12-13-21)26(22,23)16-8-5-4-6-9-16/h16H,4-13H2,1-3H3. The van der Waals surface area contributed by atoms with Crippen LogP contribution in [0.1, 0.15) is 49.9 Å². The first-order chi connectivity index (χ1) is 12.7. The van der Waals surface area contributed by atoms with Crippen molar-refractivity contribution < 1.29 is 16.8 Å². The molecule has 0 aromatic carbocycles. The minimum atomic E-state index is -3.69. The summed E-state index contributed by atoms with van der Waals surface area (Å²) in [6.07, 6.45) is 4.95. The molecule has 0 amide bonds. The van der Waals surface area contributed by atoms with Gasteiger partial charge in [-0.05, 0) is 33.1 Å². The quantitative estimate of drug-likeness (QED) is 0.737. The molecule has 0 N–H and O–H groups in total. The molecule has 2 fully saturated rings. The van der Waals surface area contributed by atoms with E-state index in [0.29, 0.717) is 30.9 Å². The van der Waals surface area contributed by atoms with E-state index in [4.69, 9.17) is 0 Å². The Labute approximate surface area is 162 Å². The van der Waals surface area contributed by atoms with Crippen LogP contribution in [0.3, 0.4) is 0 Å². The summed E-state index contributed by atoms with van der Waals surface area (Å²) in [6, 6.07) is 0. The highest BCUT2D eigenvalue weighted by molar-refractivity contribution is 7.90. The van der Waals surface area contributed by atoms with E-state index in [1.165, 1.54) is 8.61 Å². The van der Waals surface area contributed by atoms with Gasteiger partial charge in [-0.15, -0.1) is 0 Å². The van der Waals surface area contributed by atoms with Gasteiger partial charge >= 0.3 is 0 Å². The number of aromatic nitrogens is 2. The van der Waals surface area contributed by atoms with Crippen LogP contribution in [0.4, 0.5) is 0 Å². The van der Waals surface area contributed by atoms with Gasteiger partial charge in [0.05, 0.1) is 16.6 Å². The Bertz CT molecular complexity index is 886. The number of hydrogen-bond acceptors (Lipinski definition) is 5. The van der Waals surface area contributed by atoms with E-state index < -0.39 is 20.0 Å². The molecular weight excluding hydrogens is 388 g/mol. The Morgan fingerprint density at radius 3 is 2.04 bits per heavy atom. The van der Waals surface area contributed by atoms with Crippen molar-refractivity contribution in [2.45, 2.75) is 62.5 Å². The maximum absolute atomic E-state index is 13.2. The first-order valence-electron chi connectivity index (χ1n) is 9.65. The number of rotatable bonds is 4. The van der Waals surface area contributed by atoms with Gasteiger partial charge in [0.2, 0.25) is 20.0 Å². The van der Waals surface area contributed by atoms with Gasteiger partial charge in [0.15, 0.2) is 0 Å². The van der Waals surface area contributed by atoms with Crippen LogP contribution >= 0.6 is 0 Å². The third kappa shape index (κ3) is 3.94. The number of hydrogen-bond donors (Lipinski definition) is 0. The van der Waals surface area contributed by atoms with Gasteiger partial charge in [-0.1, -0.05) is 19.3 Å². The molecule has 2 heterocycles. The molecule has 1 saturated carbocycles. The molecule has 10 heteroatoms. The molecule has 0 unspecified atom stereocenters. The summed E-state index contributed by atoms with van der Waals surface area (Å²) in [6.45, 7) is 4.54. The van der Waals surface area contributed by atoms with Crippen LogP contribution in [0, 0.1) is 13.8 Å². The third-order valence-corrected chi connectivity index (χ3v) is 10.3. The van der Waals surface area contributed by atoms with Gasteiger partial charge in [0.1, 0.15) is 4.90 Å². The molecule has 8 nitrogen and oxygen atoms in total. The molecule has 0 spiro atoms. The summed E-state index contributed by atoms with van der Waals surface area (Å²) >= 11 is 0. The Hall–Kier alpha value is -0.970. The van der Waals surface area contributed by atoms with E-state index in [1.54, 1.807) is 25.6 Å². The van der Waals surface area contributed by atoms with Crippen LogP contribution < -0.4 is 0 Å². The third-order valence-electron chi connectivity index (χ3n) is 5.79. The van der Waals surface area contributed by atoms with Crippen LogP contribution in [-0.4, -0.2) is 66.7 Å². The lowest BCUT2D eigenvalue weighted by atomic mass is 10.0. The first kappa shape index (κ1) is 20.8. The number of aryl methyl sites for hydroxylation is 2. The minimum Gasteiger partial charge on any atom is -0.271 e. The zero-order valence-corrected chi connectivity index (χ0v) is 18.0. The van der Waals surface area contributed by atoms with E-state index in [1.807, 2.05) is 0 Å². The zero-order chi connectivity index (χ0) is 19.8.